The van der Waals surface area contributed by atoms with Crippen molar-refractivity contribution in [2.24, 2.45) is 0 Å². The quantitative estimate of drug-likeness (QED) is 0.781. The second-order valence-corrected chi connectivity index (χ2v) is 7.34. The predicted molar refractivity (Wildman–Crippen MR) is 80.9 cm³/mol. The van der Waals surface area contributed by atoms with Crippen molar-refractivity contribution in [3.63, 3.8) is 0 Å². The van der Waals surface area contributed by atoms with Crippen molar-refractivity contribution < 1.29 is 14.3 Å². The number of nitrogens with zero attached hydrogens (tertiary/aromatic N) is 1. The summed E-state index contributed by atoms with van der Waals surface area (Å²) in [5.41, 5.74) is -0.514. The zero-order valence-corrected chi connectivity index (χ0v) is 13.8. The fourth-order valence-corrected chi connectivity index (χ4v) is 2.69. The number of esters is 1. The first-order chi connectivity index (χ1) is 9.17. The van der Waals surface area contributed by atoms with Crippen molar-refractivity contribution in [3.8, 4) is 0 Å². The van der Waals surface area contributed by atoms with Crippen LogP contribution in [0.1, 0.15) is 38.5 Å². The van der Waals surface area contributed by atoms with E-state index in [0.29, 0.717) is 10.9 Å². The van der Waals surface area contributed by atoms with Gasteiger partial charge in [0.15, 0.2) is 0 Å². The Labute approximate surface area is 128 Å². The van der Waals surface area contributed by atoms with Gasteiger partial charge in [0.25, 0.3) is 0 Å². The van der Waals surface area contributed by atoms with Crippen LogP contribution in [0, 0.1) is 0 Å². The smallest absolute Gasteiger partial charge is 0.306 e. The lowest BCUT2D eigenvalue weighted by molar-refractivity contribution is -0.156. The van der Waals surface area contributed by atoms with E-state index in [2.05, 4.69) is 0 Å². The van der Waals surface area contributed by atoms with Crippen molar-refractivity contribution >= 4 is 34.8 Å². The number of amides is 1. The molecule has 0 aliphatic carbocycles. The van der Waals surface area contributed by atoms with Gasteiger partial charge in [0.05, 0.1) is 17.3 Å². The predicted octanol–water partition coefficient (Wildman–Crippen LogP) is 3.48. The molecule has 1 rings (SSSR count). The van der Waals surface area contributed by atoms with Crippen LogP contribution in [-0.4, -0.2) is 29.4 Å². The first-order valence-electron chi connectivity index (χ1n) is 6.37. The highest BCUT2D eigenvalue weighted by molar-refractivity contribution is 7.16. The third-order valence-electron chi connectivity index (χ3n) is 2.41. The number of hydrogen-bond donors (Lipinski definition) is 0. The van der Waals surface area contributed by atoms with E-state index in [4.69, 9.17) is 16.3 Å². The highest BCUT2D eigenvalue weighted by Gasteiger charge is 2.18. The normalized spacial score (nSPS) is 11.2. The molecule has 1 aromatic heterocycles. The molecule has 0 saturated carbocycles. The number of hydrogen-bond acceptors (Lipinski definition) is 4. The lowest BCUT2D eigenvalue weighted by Crippen LogP contribution is -2.28. The molecule has 1 aromatic rings. The Morgan fingerprint density at radius 3 is 2.45 bits per heavy atom. The van der Waals surface area contributed by atoms with E-state index in [-0.39, 0.29) is 24.7 Å². The zero-order valence-electron chi connectivity index (χ0n) is 12.2. The van der Waals surface area contributed by atoms with Crippen LogP contribution >= 0.6 is 22.9 Å². The molecule has 0 fully saturated rings. The average molecular weight is 318 g/mol. The number of rotatable bonds is 5. The van der Waals surface area contributed by atoms with Crippen LogP contribution in [-0.2, 0) is 20.9 Å². The average Bonchev–Trinajstić information content (AvgIpc) is 2.69. The summed E-state index contributed by atoms with van der Waals surface area (Å²) >= 11 is 7.29. The van der Waals surface area contributed by atoms with E-state index in [1.54, 1.807) is 38.8 Å². The van der Waals surface area contributed by atoms with Gasteiger partial charge < -0.3 is 9.64 Å². The maximum absolute atomic E-state index is 11.9. The van der Waals surface area contributed by atoms with E-state index in [9.17, 15) is 9.59 Å². The van der Waals surface area contributed by atoms with Gasteiger partial charge in [-0.25, -0.2) is 0 Å². The van der Waals surface area contributed by atoms with Crippen LogP contribution in [0.25, 0.3) is 0 Å². The molecule has 0 spiro atoms. The summed E-state index contributed by atoms with van der Waals surface area (Å²) in [6, 6.07) is 3.70. The zero-order chi connectivity index (χ0) is 15.3. The van der Waals surface area contributed by atoms with Crippen LogP contribution in [0.15, 0.2) is 12.1 Å². The third kappa shape index (κ3) is 6.39. The fraction of sp³-hybridized carbons (Fsp3) is 0.571. The Kier molecular flexibility index (Phi) is 6.02. The van der Waals surface area contributed by atoms with Gasteiger partial charge in [-0.15, -0.1) is 11.3 Å². The summed E-state index contributed by atoms with van der Waals surface area (Å²) in [6.45, 7) is 5.92. The van der Waals surface area contributed by atoms with Crippen LogP contribution in [0.3, 0.4) is 0 Å². The molecule has 0 unspecified atom stereocenters. The monoisotopic (exact) mass is 317 g/mol. The number of carbonyl (C=O) groups is 2. The van der Waals surface area contributed by atoms with Crippen molar-refractivity contribution in [3.05, 3.63) is 21.3 Å². The van der Waals surface area contributed by atoms with Gasteiger partial charge in [-0.2, -0.15) is 0 Å². The summed E-state index contributed by atoms with van der Waals surface area (Å²) in [7, 11) is 1.71. The van der Waals surface area contributed by atoms with Gasteiger partial charge in [-0.3, -0.25) is 9.59 Å². The molecule has 0 aromatic carbocycles. The second kappa shape index (κ2) is 7.09. The highest BCUT2D eigenvalue weighted by atomic mass is 35.5. The molecule has 20 heavy (non-hydrogen) atoms. The first-order valence-corrected chi connectivity index (χ1v) is 7.57. The summed E-state index contributed by atoms with van der Waals surface area (Å²) in [4.78, 5) is 26.1. The molecule has 112 valence electrons. The molecule has 1 heterocycles. The molecular weight excluding hydrogens is 298 g/mol. The Morgan fingerprint density at radius 1 is 1.30 bits per heavy atom. The van der Waals surface area contributed by atoms with E-state index >= 15 is 0 Å². The van der Waals surface area contributed by atoms with Crippen LogP contribution in [0.2, 0.25) is 4.34 Å². The van der Waals surface area contributed by atoms with E-state index in [1.165, 1.54) is 11.3 Å². The Balaban J connectivity index is 2.37. The van der Waals surface area contributed by atoms with Crippen molar-refractivity contribution in [1.29, 1.82) is 0 Å². The Bertz CT molecular complexity index is 479. The van der Waals surface area contributed by atoms with Gasteiger partial charge in [0.2, 0.25) is 5.91 Å². The minimum absolute atomic E-state index is 0.0830. The van der Waals surface area contributed by atoms with Gasteiger partial charge in [-0.1, -0.05) is 11.6 Å². The topological polar surface area (TPSA) is 46.6 Å². The van der Waals surface area contributed by atoms with E-state index < -0.39 is 5.60 Å². The molecule has 0 atom stereocenters. The molecule has 0 aliphatic rings. The van der Waals surface area contributed by atoms with Crippen molar-refractivity contribution in [2.45, 2.75) is 45.8 Å². The van der Waals surface area contributed by atoms with Crippen LogP contribution in [0.4, 0.5) is 0 Å². The first kappa shape index (κ1) is 17.0. The van der Waals surface area contributed by atoms with E-state index in [1.807, 2.05) is 6.07 Å². The fourth-order valence-electron chi connectivity index (χ4n) is 1.55. The summed E-state index contributed by atoms with van der Waals surface area (Å²) in [6.07, 6.45) is 0.260. The number of ether oxygens (including phenoxy) is 1. The lowest BCUT2D eigenvalue weighted by atomic mass is 10.2. The summed E-state index contributed by atoms with van der Waals surface area (Å²) < 4.78 is 5.87. The maximum atomic E-state index is 11.9. The van der Waals surface area contributed by atoms with Gasteiger partial charge in [0, 0.05) is 18.3 Å². The highest BCUT2D eigenvalue weighted by Crippen LogP contribution is 2.22. The molecule has 0 aliphatic heterocycles. The standard InChI is InChI=1S/C14H20ClNO3S/c1-14(2,3)19-13(18)8-7-12(17)16(4)9-10-5-6-11(15)20-10/h5-6H,7-9H2,1-4H3. The number of halogens is 1. The Morgan fingerprint density at radius 2 is 1.95 bits per heavy atom. The molecule has 1 amide bonds. The molecular formula is C14H20ClNO3S. The summed E-state index contributed by atoms with van der Waals surface area (Å²) in [5.74, 6) is -0.432. The van der Waals surface area contributed by atoms with E-state index in [0.717, 1.165) is 4.88 Å². The Hall–Kier alpha value is -1.07. The molecule has 0 bridgehead atoms. The van der Waals surface area contributed by atoms with Crippen molar-refractivity contribution in [2.75, 3.05) is 7.05 Å². The maximum Gasteiger partial charge on any atom is 0.306 e. The SMILES string of the molecule is CN(Cc1ccc(Cl)s1)C(=O)CCC(=O)OC(C)(C)C. The van der Waals surface area contributed by atoms with Gasteiger partial charge in [-0.05, 0) is 32.9 Å². The summed E-state index contributed by atoms with van der Waals surface area (Å²) in [5, 5.41) is 0. The van der Waals surface area contributed by atoms with Gasteiger partial charge in [0.1, 0.15) is 5.60 Å². The largest absolute Gasteiger partial charge is 0.460 e. The van der Waals surface area contributed by atoms with Crippen LogP contribution in [0.5, 0.6) is 0 Å². The lowest BCUT2D eigenvalue weighted by Gasteiger charge is -2.20. The minimum Gasteiger partial charge on any atom is -0.460 e. The molecule has 0 saturated heterocycles. The molecule has 6 heteroatoms. The second-order valence-electron chi connectivity index (χ2n) is 5.54. The number of carbonyl (C=O) groups excluding carboxylic acids is 2. The van der Waals surface area contributed by atoms with Gasteiger partial charge >= 0.3 is 5.97 Å². The third-order valence-corrected chi connectivity index (χ3v) is 3.63. The molecule has 0 N–H and O–H groups in total. The molecule has 0 radical (unpaired) electrons. The van der Waals surface area contributed by atoms with Crippen LogP contribution < -0.4 is 0 Å². The molecule has 4 nitrogen and oxygen atoms in total. The number of thiophene rings is 1. The minimum atomic E-state index is -0.514. The van der Waals surface area contributed by atoms with Crippen molar-refractivity contribution in [1.82, 2.24) is 4.90 Å².